The molecule has 9 nitrogen and oxygen atoms in total. The molecule has 2 N–H and O–H groups in total. The summed E-state index contributed by atoms with van der Waals surface area (Å²) in [6, 6.07) is 12.0. The minimum atomic E-state index is -0.646. The molecule has 4 aliphatic rings. The Morgan fingerprint density at radius 3 is 2.63 bits per heavy atom. The lowest BCUT2D eigenvalue weighted by Gasteiger charge is -2.38. The van der Waals surface area contributed by atoms with Crippen LogP contribution >= 0.6 is 0 Å². The van der Waals surface area contributed by atoms with E-state index in [1.807, 2.05) is 17.9 Å². The lowest BCUT2D eigenvalue weighted by Crippen LogP contribution is -2.41. The van der Waals surface area contributed by atoms with E-state index in [0.29, 0.717) is 11.8 Å². The second-order valence-electron chi connectivity index (χ2n) is 14.5. The Morgan fingerprint density at radius 1 is 1.11 bits per heavy atom. The van der Waals surface area contributed by atoms with Crippen molar-refractivity contribution in [1.29, 1.82) is 0 Å². The molecule has 246 valence electrons. The first-order chi connectivity index (χ1) is 22.4. The first-order valence-electron chi connectivity index (χ1n) is 17.8. The molecule has 3 aromatic rings. The topological polar surface area (TPSA) is 99.4 Å². The molecule has 2 saturated carbocycles. The van der Waals surface area contributed by atoms with Crippen molar-refractivity contribution in [3.63, 3.8) is 0 Å². The molecule has 5 atom stereocenters. The van der Waals surface area contributed by atoms with E-state index in [4.69, 9.17) is 9.97 Å². The number of nitrogens with one attached hydrogen (secondary N) is 1. The van der Waals surface area contributed by atoms with E-state index in [-0.39, 0.29) is 18.0 Å². The molecular formula is C37H51N7O2. The third-order valence-corrected chi connectivity index (χ3v) is 11.7. The third-order valence-electron chi connectivity index (χ3n) is 11.7. The van der Waals surface area contributed by atoms with Gasteiger partial charge in [-0.2, -0.15) is 10.1 Å². The fraction of sp³-hybridized carbons (Fsp3) is 0.622. The quantitative estimate of drug-likeness (QED) is 0.259. The summed E-state index contributed by atoms with van der Waals surface area (Å²) in [6.45, 7) is 4.35. The molecular weight excluding hydrogens is 574 g/mol. The Balaban J connectivity index is 1.21. The zero-order chi connectivity index (χ0) is 31.8. The average molecular weight is 626 g/mol. The largest absolute Gasteiger partial charge is 0.481 e. The molecule has 0 bridgehead atoms. The van der Waals surface area contributed by atoms with Crippen molar-refractivity contribution >= 4 is 17.7 Å². The second-order valence-corrected chi connectivity index (χ2v) is 14.5. The first-order valence-corrected chi connectivity index (χ1v) is 17.8. The fourth-order valence-electron chi connectivity index (χ4n) is 8.90. The van der Waals surface area contributed by atoms with Crippen molar-refractivity contribution in [2.24, 2.45) is 24.8 Å². The molecule has 0 spiro atoms. The molecule has 3 fully saturated rings. The fourth-order valence-corrected chi connectivity index (χ4v) is 8.90. The summed E-state index contributed by atoms with van der Waals surface area (Å²) in [4.78, 5) is 27.3. The molecule has 0 unspecified atom stereocenters. The summed E-state index contributed by atoms with van der Waals surface area (Å²) in [5, 5.41) is 18.1. The molecule has 9 heteroatoms. The summed E-state index contributed by atoms with van der Waals surface area (Å²) in [6.07, 6.45) is 15.5. The number of hydrogen-bond acceptors (Lipinski definition) is 7. The van der Waals surface area contributed by atoms with Gasteiger partial charge in [-0.1, -0.05) is 37.3 Å². The minimum absolute atomic E-state index is 0.0792. The average Bonchev–Trinajstić information content (AvgIpc) is 3.76. The maximum absolute atomic E-state index is 11.6. The van der Waals surface area contributed by atoms with Crippen LogP contribution in [0.3, 0.4) is 0 Å². The van der Waals surface area contributed by atoms with Gasteiger partial charge in [0.2, 0.25) is 5.95 Å². The predicted molar refractivity (Wildman–Crippen MR) is 181 cm³/mol. The number of aromatic nitrogens is 4. The van der Waals surface area contributed by atoms with Crippen LogP contribution in [0, 0.1) is 17.8 Å². The number of hydrogen-bond donors (Lipinski definition) is 2. The maximum Gasteiger partial charge on any atom is 0.306 e. The Morgan fingerprint density at radius 2 is 1.91 bits per heavy atom. The molecule has 1 aromatic carbocycles. The number of carboxylic acid groups (broad SMARTS) is 1. The summed E-state index contributed by atoms with van der Waals surface area (Å²) < 4.78 is 1.91. The summed E-state index contributed by atoms with van der Waals surface area (Å²) >= 11 is 0. The Labute approximate surface area is 273 Å². The number of aliphatic carboxylic acids is 1. The number of nitrogens with zero attached hydrogens (tertiary/aromatic N) is 6. The normalized spacial score (nSPS) is 27.2. The van der Waals surface area contributed by atoms with Crippen molar-refractivity contribution in [3.8, 4) is 0 Å². The van der Waals surface area contributed by atoms with Crippen LogP contribution in [-0.2, 0) is 24.7 Å². The number of benzene rings is 1. The van der Waals surface area contributed by atoms with Crippen molar-refractivity contribution < 1.29 is 9.90 Å². The highest BCUT2D eigenvalue weighted by Gasteiger charge is 2.44. The first kappa shape index (κ1) is 31.2. The Bertz CT molecular complexity index is 1500. The predicted octanol–water partition coefficient (Wildman–Crippen LogP) is 6.23. The van der Waals surface area contributed by atoms with Gasteiger partial charge in [0, 0.05) is 50.0 Å². The summed E-state index contributed by atoms with van der Waals surface area (Å²) in [5.74, 6) is 2.67. The third kappa shape index (κ3) is 6.53. The highest BCUT2D eigenvalue weighted by Crippen LogP contribution is 2.44. The van der Waals surface area contributed by atoms with Gasteiger partial charge in [0.25, 0.3) is 0 Å². The highest BCUT2D eigenvalue weighted by molar-refractivity contribution is 5.70. The van der Waals surface area contributed by atoms with Crippen LogP contribution in [0.1, 0.15) is 99.1 Å². The molecule has 3 aliphatic carbocycles. The molecule has 1 aliphatic heterocycles. The Hall–Kier alpha value is -3.46. The van der Waals surface area contributed by atoms with Crippen LogP contribution in [0.2, 0.25) is 0 Å². The van der Waals surface area contributed by atoms with Gasteiger partial charge >= 0.3 is 5.97 Å². The van der Waals surface area contributed by atoms with E-state index in [2.05, 4.69) is 70.7 Å². The monoisotopic (exact) mass is 625 g/mol. The SMILES string of the molecule is CC[C@H](C1CCC(C(=O)O)CC1)N(C)c1nc2c(c(N[C@@H](CN3CCC[C@@H]4C[C@@H]43)c3cnn(C)c3)n1)C[C@H](c1ccccc1)CC2. The van der Waals surface area contributed by atoms with Crippen LogP contribution in [-0.4, -0.2) is 67.9 Å². The van der Waals surface area contributed by atoms with Crippen LogP contribution in [0.5, 0.6) is 0 Å². The molecule has 3 heterocycles. The zero-order valence-electron chi connectivity index (χ0n) is 27.8. The van der Waals surface area contributed by atoms with Gasteiger partial charge in [-0.05, 0) is 100 Å². The van der Waals surface area contributed by atoms with E-state index < -0.39 is 5.97 Å². The molecule has 7 rings (SSSR count). The Kier molecular flexibility index (Phi) is 9.03. The van der Waals surface area contributed by atoms with Gasteiger partial charge in [-0.15, -0.1) is 0 Å². The number of aryl methyl sites for hydroxylation is 2. The lowest BCUT2D eigenvalue weighted by atomic mass is 9.77. The lowest BCUT2D eigenvalue weighted by molar-refractivity contribution is -0.143. The number of anilines is 2. The van der Waals surface area contributed by atoms with E-state index in [9.17, 15) is 9.90 Å². The van der Waals surface area contributed by atoms with Crippen LogP contribution in [0.4, 0.5) is 11.8 Å². The molecule has 46 heavy (non-hydrogen) atoms. The molecule has 0 radical (unpaired) electrons. The van der Waals surface area contributed by atoms with Gasteiger partial charge in [-0.3, -0.25) is 14.4 Å². The van der Waals surface area contributed by atoms with Crippen molar-refractivity contribution in [2.45, 2.75) is 102 Å². The van der Waals surface area contributed by atoms with Gasteiger partial charge in [0.1, 0.15) is 5.82 Å². The number of likely N-dealkylation sites (tertiary alicyclic amines) is 1. The van der Waals surface area contributed by atoms with Gasteiger partial charge < -0.3 is 15.3 Å². The number of carboxylic acids is 1. The number of piperidine rings is 1. The van der Waals surface area contributed by atoms with E-state index in [0.717, 1.165) is 88.2 Å². The summed E-state index contributed by atoms with van der Waals surface area (Å²) in [7, 11) is 4.15. The highest BCUT2D eigenvalue weighted by atomic mass is 16.4. The van der Waals surface area contributed by atoms with Crippen molar-refractivity contribution in [3.05, 3.63) is 65.1 Å². The van der Waals surface area contributed by atoms with Gasteiger partial charge in [0.05, 0.1) is 23.9 Å². The van der Waals surface area contributed by atoms with Gasteiger partial charge in [0.15, 0.2) is 0 Å². The maximum atomic E-state index is 11.6. The van der Waals surface area contributed by atoms with Crippen LogP contribution in [0.15, 0.2) is 42.7 Å². The van der Waals surface area contributed by atoms with Crippen molar-refractivity contribution in [2.75, 3.05) is 30.4 Å². The number of fused-ring (bicyclic) bond motifs is 2. The standard InChI is InChI=1S/C37H51N7O2/c1-4-33(25-12-14-26(15-13-25)36(45)46)43(3)37-40-31-17-16-27(24-9-6-5-7-10-24)19-30(31)35(41-37)39-32(29-21-38-42(2)22-29)23-44-18-8-11-28-20-34(28)44/h5-7,9-10,21-22,25-28,32-34H,4,8,11-20,23H2,1-3H3,(H,45,46)(H,39,40,41)/t25?,26?,27-,28-,32+,33-,34+/m1/s1. The number of carbonyl (C=O) groups is 1. The number of rotatable bonds is 11. The molecule has 1 saturated heterocycles. The molecule has 0 amide bonds. The van der Waals surface area contributed by atoms with E-state index >= 15 is 0 Å². The zero-order valence-corrected chi connectivity index (χ0v) is 27.8. The van der Waals surface area contributed by atoms with E-state index in [1.165, 1.54) is 41.6 Å². The van der Waals surface area contributed by atoms with E-state index in [1.54, 1.807) is 0 Å². The van der Waals surface area contributed by atoms with Crippen LogP contribution < -0.4 is 10.2 Å². The summed E-state index contributed by atoms with van der Waals surface area (Å²) in [5.41, 5.74) is 5.01. The second kappa shape index (κ2) is 13.3. The smallest absolute Gasteiger partial charge is 0.306 e. The van der Waals surface area contributed by atoms with Crippen LogP contribution in [0.25, 0.3) is 0 Å². The minimum Gasteiger partial charge on any atom is -0.481 e. The van der Waals surface area contributed by atoms with Gasteiger partial charge in [-0.25, -0.2) is 4.98 Å². The van der Waals surface area contributed by atoms with Crippen molar-refractivity contribution in [1.82, 2.24) is 24.6 Å². The molecule has 2 aromatic heterocycles.